The first kappa shape index (κ1) is 25.1. The molecule has 1 N–H and O–H groups in total. The highest BCUT2D eigenvalue weighted by Crippen LogP contribution is 2.30. The Bertz CT molecular complexity index is 1440. The molecule has 2 aliphatic rings. The molecule has 10 nitrogen and oxygen atoms in total. The van der Waals surface area contributed by atoms with Crippen molar-refractivity contribution in [3.05, 3.63) is 65.7 Å². The quantitative estimate of drug-likeness (QED) is 0.532. The van der Waals surface area contributed by atoms with Crippen molar-refractivity contribution in [1.82, 2.24) is 19.1 Å². The Kier molecular flexibility index (Phi) is 6.82. The molecular weight excluding hydrogens is 492 g/mol. The molecule has 1 aromatic carbocycles. The van der Waals surface area contributed by atoms with Crippen molar-refractivity contribution >= 4 is 33.2 Å². The first-order valence-corrected chi connectivity index (χ1v) is 13.8. The number of nitrogens with zero attached hydrogens (tertiary/aromatic N) is 5. The van der Waals surface area contributed by atoms with Crippen molar-refractivity contribution in [2.45, 2.75) is 44.6 Å². The molecule has 0 aliphatic carbocycles. The Morgan fingerprint density at radius 2 is 1.92 bits per heavy atom. The van der Waals surface area contributed by atoms with Crippen molar-refractivity contribution in [3.63, 3.8) is 0 Å². The zero-order valence-corrected chi connectivity index (χ0v) is 21.7. The van der Waals surface area contributed by atoms with Gasteiger partial charge in [-0.2, -0.15) is 9.40 Å². The lowest BCUT2D eigenvalue weighted by atomic mass is 9.99. The van der Waals surface area contributed by atoms with Crippen molar-refractivity contribution in [3.8, 4) is 0 Å². The molecule has 1 atom stereocenters. The fourth-order valence-corrected chi connectivity index (χ4v) is 7.10. The first-order valence-electron chi connectivity index (χ1n) is 12.4. The molecule has 3 aromatic rings. The van der Waals surface area contributed by atoms with Crippen LogP contribution in [0, 0.1) is 19.8 Å². The molecule has 5 rings (SSSR count). The topological polar surface area (TPSA) is 118 Å². The second kappa shape index (κ2) is 10.1. The van der Waals surface area contributed by atoms with Crippen LogP contribution in [0.1, 0.15) is 29.8 Å². The molecule has 4 heterocycles. The van der Waals surface area contributed by atoms with Gasteiger partial charge in [0.15, 0.2) is 0 Å². The van der Waals surface area contributed by atoms with E-state index < -0.39 is 15.9 Å². The van der Waals surface area contributed by atoms with Crippen molar-refractivity contribution < 1.29 is 18.0 Å². The summed E-state index contributed by atoms with van der Waals surface area (Å²) < 4.78 is 30.3. The van der Waals surface area contributed by atoms with Crippen LogP contribution in [0.2, 0.25) is 0 Å². The summed E-state index contributed by atoms with van der Waals surface area (Å²) in [5.74, 6) is -0.839. The molecule has 1 fully saturated rings. The molecule has 0 bridgehead atoms. The molecular formula is C26H30N6O4S. The molecule has 2 aromatic heterocycles. The number of carbonyl (C=O) groups is 2. The molecule has 2 amide bonds. The van der Waals surface area contributed by atoms with E-state index in [0.29, 0.717) is 43.0 Å². The maximum Gasteiger partial charge on any atom is 0.248 e. The second-order valence-electron chi connectivity index (χ2n) is 9.51. The summed E-state index contributed by atoms with van der Waals surface area (Å²) in [6, 6.07) is 11.3. The van der Waals surface area contributed by atoms with Crippen LogP contribution in [-0.2, 0) is 32.6 Å². The van der Waals surface area contributed by atoms with E-state index >= 15 is 0 Å². The molecule has 1 unspecified atom stereocenters. The highest BCUT2D eigenvalue weighted by molar-refractivity contribution is 7.89. The van der Waals surface area contributed by atoms with Crippen LogP contribution < -0.4 is 10.2 Å². The van der Waals surface area contributed by atoms with Gasteiger partial charge in [-0.1, -0.05) is 18.2 Å². The fraction of sp³-hybridized carbons (Fsp3) is 0.385. The maximum absolute atomic E-state index is 13.7. The monoisotopic (exact) mass is 522 g/mol. The van der Waals surface area contributed by atoms with Gasteiger partial charge in [0.05, 0.1) is 29.2 Å². The zero-order valence-electron chi connectivity index (χ0n) is 20.9. The number of aryl methyl sites for hydroxylation is 1. The normalized spacial score (nSPS) is 18.0. The van der Waals surface area contributed by atoms with Gasteiger partial charge in [-0.05, 0) is 56.9 Å². The number of piperidine rings is 1. The Morgan fingerprint density at radius 3 is 2.70 bits per heavy atom. The van der Waals surface area contributed by atoms with E-state index in [9.17, 15) is 18.0 Å². The SMILES string of the molecule is Cc1nn(CC(=O)N2CCc3ccccc32)c(C)c1S(=O)(=O)N1CCCC(C(=O)Nc2cccnc2)C1. The van der Waals surface area contributed by atoms with Crippen LogP contribution in [0.5, 0.6) is 0 Å². The number of carbonyl (C=O) groups excluding carboxylic acids is 2. The lowest BCUT2D eigenvalue weighted by molar-refractivity contribution is -0.121. The predicted molar refractivity (Wildman–Crippen MR) is 139 cm³/mol. The van der Waals surface area contributed by atoms with Crippen molar-refractivity contribution in [1.29, 1.82) is 0 Å². The summed E-state index contributed by atoms with van der Waals surface area (Å²) >= 11 is 0. The molecule has 37 heavy (non-hydrogen) atoms. The highest BCUT2D eigenvalue weighted by atomic mass is 32.2. The largest absolute Gasteiger partial charge is 0.324 e. The summed E-state index contributed by atoms with van der Waals surface area (Å²) in [4.78, 5) is 31.8. The second-order valence-corrected chi connectivity index (χ2v) is 11.4. The summed E-state index contributed by atoms with van der Waals surface area (Å²) in [6.07, 6.45) is 5.14. The number of hydrogen-bond donors (Lipinski definition) is 1. The molecule has 194 valence electrons. The average Bonchev–Trinajstić information content (AvgIpc) is 3.45. The standard InChI is InChI=1S/C26H30N6O4S/c1-18-25(19(2)32(29-18)17-24(33)31-14-11-20-7-3-4-10-23(20)31)37(35,36)30-13-6-8-21(16-30)26(34)28-22-9-5-12-27-15-22/h3-5,7,9-10,12,15,21H,6,8,11,13-14,16-17H2,1-2H3,(H,28,34). The number of anilines is 2. The van der Waals surface area contributed by atoms with Gasteiger partial charge in [0, 0.05) is 31.5 Å². The number of pyridine rings is 1. The van der Waals surface area contributed by atoms with E-state index in [1.165, 1.54) is 8.99 Å². The minimum atomic E-state index is -3.91. The Balaban J connectivity index is 1.32. The zero-order chi connectivity index (χ0) is 26.2. The number of amides is 2. The Labute approximate surface area is 216 Å². The fourth-order valence-electron chi connectivity index (χ4n) is 5.20. The van der Waals surface area contributed by atoms with Crippen molar-refractivity contribution in [2.75, 3.05) is 29.9 Å². The third kappa shape index (κ3) is 4.88. The number of fused-ring (bicyclic) bond motifs is 1. The number of para-hydroxylation sites is 1. The van der Waals surface area contributed by atoms with E-state index in [2.05, 4.69) is 15.4 Å². The van der Waals surface area contributed by atoms with Crippen LogP contribution in [0.3, 0.4) is 0 Å². The Morgan fingerprint density at radius 1 is 1.11 bits per heavy atom. The van der Waals surface area contributed by atoms with Gasteiger partial charge < -0.3 is 10.2 Å². The molecule has 11 heteroatoms. The first-order chi connectivity index (χ1) is 17.8. The van der Waals surface area contributed by atoms with Gasteiger partial charge in [0.2, 0.25) is 21.8 Å². The number of nitrogens with one attached hydrogen (secondary N) is 1. The number of hydrogen-bond acceptors (Lipinski definition) is 6. The average molecular weight is 523 g/mol. The van der Waals surface area contributed by atoms with Gasteiger partial charge in [-0.3, -0.25) is 19.3 Å². The van der Waals surface area contributed by atoms with Crippen LogP contribution in [0.25, 0.3) is 0 Å². The molecule has 1 saturated heterocycles. The summed E-state index contributed by atoms with van der Waals surface area (Å²) in [6.45, 7) is 4.28. The highest BCUT2D eigenvalue weighted by Gasteiger charge is 2.37. The van der Waals surface area contributed by atoms with Gasteiger partial charge in [0.25, 0.3) is 0 Å². The van der Waals surface area contributed by atoms with Crippen LogP contribution in [0.4, 0.5) is 11.4 Å². The van der Waals surface area contributed by atoms with Crippen LogP contribution in [-0.4, -0.2) is 58.9 Å². The van der Waals surface area contributed by atoms with Crippen LogP contribution in [0.15, 0.2) is 53.7 Å². The molecule has 0 spiro atoms. The third-order valence-electron chi connectivity index (χ3n) is 7.07. The number of aromatic nitrogens is 3. The van der Waals surface area contributed by atoms with Gasteiger partial charge in [-0.25, -0.2) is 8.42 Å². The number of benzene rings is 1. The lowest BCUT2D eigenvalue weighted by Gasteiger charge is -2.31. The predicted octanol–water partition coefficient (Wildman–Crippen LogP) is 2.52. The van der Waals surface area contributed by atoms with Crippen molar-refractivity contribution in [2.24, 2.45) is 5.92 Å². The van der Waals surface area contributed by atoms with E-state index in [4.69, 9.17) is 0 Å². The maximum atomic E-state index is 13.7. The van der Waals surface area contributed by atoms with E-state index in [1.54, 1.807) is 43.3 Å². The van der Waals surface area contributed by atoms with Crippen LogP contribution >= 0.6 is 0 Å². The summed E-state index contributed by atoms with van der Waals surface area (Å²) in [7, 11) is -3.91. The number of sulfonamides is 1. The molecule has 0 saturated carbocycles. The Hall–Kier alpha value is -3.57. The minimum Gasteiger partial charge on any atom is -0.324 e. The summed E-state index contributed by atoms with van der Waals surface area (Å²) in [5, 5.41) is 7.25. The van der Waals surface area contributed by atoms with Gasteiger partial charge in [0.1, 0.15) is 11.4 Å². The van der Waals surface area contributed by atoms with E-state index in [0.717, 1.165) is 17.7 Å². The third-order valence-corrected chi connectivity index (χ3v) is 9.19. The minimum absolute atomic E-state index is 0.0489. The number of rotatable bonds is 6. The lowest BCUT2D eigenvalue weighted by Crippen LogP contribution is -2.44. The smallest absolute Gasteiger partial charge is 0.248 e. The molecule has 2 aliphatic heterocycles. The van der Waals surface area contributed by atoms with E-state index in [-0.39, 0.29) is 29.8 Å². The van der Waals surface area contributed by atoms with Gasteiger partial charge >= 0.3 is 0 Å². The molecule has 0 radical (unpaired) electrons. The van der Waals surface area contributed by atoms with Gasteiger partial charge in [-0.15, -0.1) is 0 Å². The summed E-state index contributed by atoms with van der Waals surface area (Å²) in [5.41, 5.74) is 3.35. The van der Waals surface area contributed by atoms with E-state index in [1.807, 2.05) is 24.3 Å².